The van der Waals surface area contributed by atoms with Crippen LogP contribution < -0.4 is 0 Å². The third-order valence-electron chi connectivity index (χ3n) is 3.59. The maximum absolute atomic E-state index is 10.4. The van der Waals surface area contributed by atoms with Gasteiger partial charge in [-0.05, 0) is 23.9 Å². The molecule has 0 amide bonds. The Morgan fingerprint density at radius 1 is 1.28 bits per heavy atom. The topological polar surface area (TPSA) is 89.2 Å². The molecule has 1 aromatic carbocycles. The summed E-state index contributed by atoms with van der Waals surface area (Å²) in [5.41, 5.74) is 9.55. The number of hydrogen-bond donors (Lipinski definition) is 2. The quantitative estimate of drug-likeness (QED) is 0.488. The van der Waals surface area contributed by atoms with Crippen LogP contribution >= 0.6 is 0 Å². The lowest BCUT2D eigenvalue weighted by Crippen LogP contribution is -2.29. The van der Waals surface area contributed by atoms with Crippen LogP contribution in [0.1, 0.15) is 37.4 Å². The Balaban J connectivity index is 2.27. The van der Waals surface area contributed by atoms with Crippen LogP contribution in [0.4, 0.5) is 5.69 Å². The molecule has 0 aromatic heterocycles. The van der Waals surface area contributed by atoms with Crippen molar-refractivity contribution in [3.05, 3.63) is 40.3 Å². The van der Waals surface area contributed by atoms with E-state index in [1.54, 1.807) is 24.3 Å². The largest absolute Gasteiger partial charge is 0.393 e. The molecular weight excluding hydrogens is 230 g/mol. The van der Waals surface area contributed by atoms with E-state index in [1.165, 1.54) is 0 Å². The van der Waals surface area contributed by atoms with Gasteiger partial charge in [0.2, 0.25) is 0 Å². The Bertz CT molecular complexity index is 457. The summed E-state index contributed by atoms with van der Waals surface area (Å²) < 4.78 is 0. The van der Waals surface area contributed by atoms with Gasteiger partial charge < -0.3 is 10.2 Å². The lowest BCUT2D eigenvalue weighted by atomic mass is 9.80. The molecule has 1 saturated carbocycles. The van der Waals surface area contributed by atoms with E-state index in [0.717, 1.165) is 25.7 Å². The van der Waals surface area contributed by atoms with Crippen LogP contribution in [0.2, 0.25) is 0 Å². The van der Waals surface area contributed by atoms with E-state index in [9.17, 15) is 10.2 Å². The van der Waals surface area contributed by atoms with Crippen LogP contribution in [0.25, 0.3) is 10.4 Å². The molecule has 0 radical (unpaired) electrons. The zero-order chi connectivity index (χ0) is 13.0. The Morgan fingerprint density at radius 3 is 2.72 bits per heavy atom. The van der Waals surface area contributed by atoms with E-state index in [-0.39, 0.29) is 5.92 Å². The van der Waals surface area contributed by atoms with Crippen LogP contribution in [-0.4, -0.2) is 16.3 Å². The van der Waals surface area contributed by atoms with Gasteiger partial charge in [0.1, 0.15) is 0 Å². The van der Waals surface area contributed by atoms with Gasteiger partial charge in [0, 0.05) is 16.5 Å². The number of azide groups is 1. The first-order valence-corrected chi connectivity index (χ1v) is 6.24. The van der Waals surface area contributed by atoms with Crippen molar-refractivity contribution in [3.63, 3.8) is 0 Å². The van der Waals surface area contributed by atoms with Gasteiger partial charge >= 0.3 is 0 Å². The highest BCUT2D eigenvalue weighted by molar-refractivity contribution is 5.47. The van der Waals surface area contributed by atoms with Crippen LogP contribution in [0, 0.1) is 5.92 Å². The third kappa shape index (κ3) is 2.64. The lowest BCUT2D eigenvalue weighted by molar-refractivity contribution is -0.0132. The highest BCUT2D eigenvalue weighted by Gasteiger charge is 2.31. The zero-order valence-corrected chi connectivity index (χ0v) is 10.1. The lowest BCUT2D eigenvalue weighted by Gasteiger charge is -2.32. The molecule has 1 fully saturated rings. The summed E-state index contributed by atoms with van der Waals surface area (Å²) in [6.45, 7) is 0. The summed E-state index contributed by atoms with van der Waals surface area (Å²) in [4.78, 5) is 2.76. The Labute approximate surface area is 106 Å². The zero-order valence-electron chi connectivity index (χ0n) is 10.1. The van der Waals surface area contributed by atoms with Crippen molar-refractivity contribution in [3.8, 4) is 0 Å². The summed E-state index contributed by atoms with van der Waals surface area (Å²) in [5, 5.41) is 23.9. The molecule has 0 saturated heterocycles. The van der Waals surface area contributed by atoms with E-state index in [0.29, 0.717) is 11.3 Å². The van der Waals surface area contributed by atoms with Crippen molar-refractivity contribution in [1.29, 1.82) is 0 Å². The molecule has 2 rings (SSSR count). The van der Waals surface area contributed by atoms with Crippen molar-refractivity contribution in [1.82, 2.24) is 0 Å². The second-order valence-electron chi connectivity index (χ2n) is 4.71. The number of nitrogens with zero attached hydrogens (tertiary/aromatic N) is 3. The Morgan fingerprint density at radius 2 is 2.00 bits per heavy atom. The second-order valence-corrected chi connectivity index (χ2v) is 4.71. The van der Waals surface area contributed by atoms with Crippen molar-refractivity contribution in [2.24, 2.45) is 11.0 Å². The molecule has 0 heterocycles. The van der Waals surface area contributed by atoms with Crippen LogP contribution in [0.3, 0.4) is 0 Å². The molecule has 5 heteroatoms. The van der Waals surface area contributed by atoms with E-state index in [1.807, 2.05) is 0 Å². The van der Waals surface area contributed by atoms with E-state index in [2.05, 4.69) is 10.0 Å². The van der Waals surface area contributed by atoms with Crippen LogP contribution in [0.5, 0.6) is 0 Å². The van der Waals surface area contributed by atoms with Gasteiger partial charge in [0.25, 0.3) is 0 Å². The number of rotatable bonds is 3. The van der Waals surface area contributed by atoms with Crippen LogP contribution in [0.15, 0.2) is 29.4 Å². The molecule has 1 aliphatic rings. The predicted molar refractivity (Wildman–Crippen MR) is 68.2 cm³/mol. The average Bonchev–Trinajstić information content (AvgIpc) is 2.40. The number of aliphatic hydroxyl groups excluding tert-OH is 2. The van der Waals surface area contributed by atoms with Gasteiger partial charge in [-0.1, -0.05) is 42.2 Å². The first-order chi connectivity index (χ1) is 8.74. The average molecular weight is 247 g/mol. The molecule has 5 nitrogen and oxygen atoms in total. The van der Waals surface area contributed by atoms with Gasteiger partial charge in [-0.3, -0.25) is 0 Å². The smallest absolute Gasteiger partial charge is 0.0847 e. The summed E-state index contributed by atoms with van der Waals surface area (Å²) >= 11 is 0. The van der Waals surface area contributed by atoms with Crippen molar-refractivity contribution in [2.75, 3.05) is 0 Å². The monoisotopic (exact) mass is 247 g/mol. The fourth-order valence-electron chi connectivity index (χ4n) is 2.62. The molecule has 1 aliphatic carbocycles. The molecule has 18 heavy (non-hydrogen) atoms. The van der Waals surface area contributed by atoms with Gasteiger partial charge in [0.05, 0.1) is 12.2 Å². The Kier molecular flexibility index (Phi) is 4.20. The van der Waals surface area contributed by atoms with Crippen LogP contribution in [-0.2, 0) is 0 Å². The number of hydrogen-bond acceptors (Lipinski definition) is 3. The summed E-state index contributed by atoms with van der Waals surface area (Å²) in [5.74, 6) is -0.172. The molecule has 96 valence electrons. The summed E-state index contributed by atoms with van der Waals surface area (Å²) in [7, 11) is 0. The molecular formula is C13H17N3O2. The molecule has 0 unspecified atom stereocenters. The van der Waals surface area contributed by atoms with Crippen molar-refractivity contribution >= 4 is 5.69 Å². The van der Waals surface area contributed by atoms with E-state index < -0.39 is 12.2 Å². The Hall–Kier alpha value is -1.55. The van der Waals surface area contributed by atoms with E-state index in [4.69, 9.17) is 5.53 Å². The minimum Gasteiger partial charge on any atom is -0.393 e. The first-order valence-electron chi connectivity index (χ1n) is 6.24. The number of benzene rings is 1. The standard InChI is InChI=1S/C13H17N3O2/c14-16-15-11-7-3-1-5-9(11)13(18)10-6-2-4-8-12(10)17/h1,3,5,7,10,12-13,17-18H,2,4,6,8H2/t10-,12-,13+/m1/s1. The minimum atomic E-state index is -0.776. The normalized spacial score (nSPS) is 25.2. The molecule has 0 bridgehead atoms. The molecule has 2 N–H and O–H groups in total. The maximum atomic E-state index is 10.4. The van der Waals surface area contributed by atoms with Gasteiger partial charge in [0.15, 0.2) is 0 Å². The highest BCUT2D eigenvalue weighted by atomic mass is 16.3. The summed E-state index contributed by atoms with van der Waals surface area (Å²) in [6, 6.07) is 6.98. The van der Waals surface area contributed by atoms with Gasteiger partial charge in [-0.2, -0.15) is 0 Å². The second kappa shape index (κ2) is 5.87. The predicted octanol–water partition coefficient (Wildman–Crippen LogP) is 3.21. The SMILES string of the molecule is [N-]=[N+]=Nc1ccccc1[C@H](O)[C@@H]1CCCC[C@H]1O. The molecule has 0 aliphatic heterocycles. The maximum Gasteiger partial charge on any atom is 0.0847 e. The van der Waals surface area contributed by atoms with E-state index >= 15 is 0 Å². The third-order valence-corrected chi connectivity index (χ3v) is 3.59. The molecule has 0 spiro atoms. The van der Waals surface area contributed by atoms with Gasteiger partial charge in [-0.15, -0.1) is 0 Å². The fourth-order valence-corrected chi connectivity index (χ4v) is 2.62. The van der Waals surface area contributed by atoms with Crippen molar-refractivity contribution < 1.29 is 10.2 Å². The fraction of sp³-hybridized carbons (Fsp3) is 0.538. The van der Waals surface area contributed by atoms with Gasteiger partial charge in [-0.25, -0.2) is 0 Å². The number of aliphatic hydroxyl groups is 2. The minimum absolute atomic E-state index is 0.172. The molecule has 1 aromatic rings. The summed E-state index contributed by atoms with van der Waals surface area (Å²) in [6.07, 6.45) is 2.29. The highest BCUT2D eigenvalue weighted by Crippen LogP contribution is 2.38. The molecule has 3 atom stereocenters. The van der Waals surface area contributed by atoms with Crippen molar-refractivity contribution in [2.45, 2.75) is 37.9 Å². The first kappa shape index (κ1) is 12.9.